The Bertz CT molecular complexity index is 938. The van der Waals surface area contributed by atoms with Gasteiger partial charge in [0.05, 0.1) is 12.5 Å². The van der Waals surface area contributed by atoms with Gasteiger partial charge in [0.2, 0.25) is 5.91 Å². The van der Waals surface area contributed by atoms with E-state index in [1.54, 1.807) is 0 Å². The van der Waals surface area contributed by atoms with Gasteiger partial charge < -0.3 is 14.2 Å². The van der Waals surface area contributed by atoms with Crippen molar-refractivity contribution < 1.29 is 14.1 Å². The van der Waals surface area contributed by atoms with E-state index in [-0.39, 0.29) is 18.6 Å². The van der Waals surface area contributed by atoms with E-state index in [4.69, 9.17) is 9.26 Å². The molecular formula is C23H25N3O3. The first-order valence-corrected chi connectivity index (χ1v) is 10.0. The van der Waals surface area contributed by atoms with Crippen LogP contribution in [0.5, 0.6) is 5.75 Å². The Morgan fingerprint density at radius 1 is 1.14 bits per heavy atom. The number of carbonyl (C=O) groups excluding carboxylic acids is 1. The van der Waals surface area contributed by atoms with E-state index in [0.717, 1.165) is 37.1 Å². The van der Waals surface area contributed by atoms with Gasteiger partial charge in [0.25, 0.3) is 5.89 Å². The van der Waals surface area contributed by atoms with Crippen molar-refractivity contribution in [2.24, 2.45) is 0 Å². The van der Waals surface area contributed by atoms with Crippen LogP contribution in [0.4, 0.5) is 0 Å². The molecule has 150 valence electrons. The minimum Gasteiger partial charge on any atom is -0.484 e. The molecule has 4 rings (SSSR count). The van der Waals surface area contributed by atoms with Crippen molar-refractivity contribution in [2.75, 3.05) is 6.54 Å². The predicted molar refractivity (Wildman–Crippen MR) is 108 cm³/mol. The highest BCUT2D eigenvalue weighted by atomic mass is 16.5. The van der Waals surface area contributed by atoms with Gasteiger partial charge in [-0.2, -0.15) is 4.98 Å². The second-order valence-electron chi connectivity index (χ2n) is 7.41. The van der Waals surface area contributed by atoms with Gasteiger partial charge in [-0.1, -0.05) is 53.2 Å². The zero-order valence-electron chi connectivity index (χ0n) is 16.6. The standard InChI is InChI=1S/C23H25N3O3/c1-17-10-12-19(13-11-17)28-16-21-24-23(25-29-21)20-9-5-6-14-26(20)22(27)15-18-7-3-2-4-8-18/h2-4,7-8,10-13,20H,5-6,9,14-16H2,1H3. The molecule has 1 saturated heterocycles. The van der Waals surface area contributed by atoms with Crippen molar-refractivity contribution in [3.05, 3.63) is 77.4 Å². The van der Waals surface area contributed by atoms with E-state index >= 15 is 0 Å². The Morgan fingerprint density at radius 3 is 2.72 bits per heavy atom. The largest absolute Gasteiger partial charge is 0.484 e. The smallest absolute Gasteiger partial charge is 0.264 e. The van der Waals surface area contributed by atoms with E-state index in [0.29, 0.717) is 18.1 Å². The number of rotatable bonds is 6. The topological polar surface area (TPSA) is 68.5 Å². The summed E-state index contributed by atoms with van der Waals surface area (Å²) in [6.07, 6.45) is 3.28. The number of amides is 1. The van der Waals surface area contributed by atoms with Gasteiger partial charge in [-0.3, -0.25) is 4.79 Å². The fourth-order valence-electron chi connectivity index (χ4n) is 3.61. The van der Waals surface area contributed by atoms with Gasteiger partial charge in [0.1, 0.15) is 5.75 Å². The zero-order valence-corrected chi connectivity index (χ0v) is 16.6. The number of hydrogen-bond acceptors (Lipinski definition) is 5. The molecule has 2 heterocycles. The number of benzene rings is 2. The molecule has 0 radical (unpaired) electrons. The van der Waals surface area contributed by atoms with Crippen LogP contribution in [0, 0.1) is 6.92 Å². The molecule has 29 heavy (non-hydrogen) atoms. The van der Waals surface area contributed by atoms with Gasteiger partial charge in [-0.05, 0) is 43.9 Å². The summed E-state index contributed by atoms with van der Waals surface area (Å²) >= 11 is 0. The first kappa shape index (κ1) is 19.2. The highest BCUT2D eigenvalue weighted by molar-refractivity contribution is 5.79. The summed E-state index contributed by atoms with van der Waals surface area (Å²) < 4.78 is 11.1. The predicted octanol–water partition coefficient (Wildman–Crippen LogP) is 4.25. The molecule has 1 amide bonds. The monoisotopic (exact) mass is 391 g/mol. The molecule has 0 bridgehead atoms. The average Bonchev–Trinajstić information content (AvgIpc) is 3.23. The fourth-order valence-corrected chi connectivity index (χ4v) is 3.61. The molecule has 1 aliphatic heterocycles. The Labute approximate surface area is 170 Å². The van der Waals surface area contributed by atoms with Crippen molar-refractivity contribution in [3.8, 4) is 5.75 Å². The minimum atomic E-state index is -0.142. The maximum atomic E-state index is 12.9. The lowest BCUT2D eigenvalue weighted by Gasteiger charge is -2.34. The van der Waals surface area contributed by atoms with Crippen LogP contribution in [0.3, 0.4) is 0 Å². The van der Waals surface area contributed by atoms with Crippen LogP contribution in [-0.4, -0.2) is 27.5 Å². The number of nitrogens with zero attached hydrogens (tertiary/aromatic N) is 3. The highest BCUT2D eigenvalue weighted by Gasteiger charge is 2.31. The van der Waals surface area contributed by atoms with Crippen LogP contribution < -0.4 is 4.74 Å². The lowest BCUT2D eigenvalue weighted by molar-refractivity contribution is -0.134. The molecule has 0 spiro atoms. The van der Waals surface area contributed by atoms with E-state index < -0.39 is 0 Å². The molecule has 0 saturated carbocycles. The molecule has 6 heteroatoms. The fraction of sp³-hybridized carbons (Fsp3) is 0.348. The third-order valence-electron chi connectivity index (χ3n) is 5.19. The number of ether oxygens (including phenoxy) is 1. The van der Waals surface area contributed by atoms with Crippen LogP contribution >= 0.6 is 0 Å². The number of carbonyl (C=O) groups is 1. The molecule has 6 nitrogen and oxygen atoms in total. The summed E-state index contributed by atoms with van der Waals surface area (Å²) in [5, 5.41) is 4.15. The summed E-state index contributed by atoms with van der Waals surface area (Å²) in [6, 6.07) is 17.5. The summed E-state index contributed by atoms with van der Waals surface area (Å²) in [4.78, 5) is 19.3. The maximum Gasteiger partial charge on any atom is 0.264 e. The van der Waals surface area contributed by atoms with E-state index in [1.807, 2.05) is 66.4 Å². The Hall–Kier alpha value is -3.15. The molecule has 1 atom stereocenters. The number of hydrogen-bond donors (Lipinski definition) is 0. The second kappa shape index (κ2) is 8.90. The van der Waals surface area contributed by atoms with E-state index in [2.05, 4.69) is 10.1 Å². The summed E-state index contributed by atoms with van der Waals surface area (Å²) in [7, 11) is 0. The van der Waals surface area contributed by atoms with Crippen molar-refractivity contribution in [1.82, 2.24) is 15.0 Å². The van der Waals surface area contributed by atoms with Gasteiger partial charge in [0.15, 0.2) is 12.4 Å². The molecule has 0 N–H and O–H groups in total. The highest BCUT2D eigenvalue weighted by Crippen LogP contribution is 2.30. The van der Waals surface area contributed by atoms with Crippen LogP contribution in [0.15, 0.2) is 59.1 Å². The average molecular weight is 391 g/mol. The van der Waals surface area contributed by atoms with Crippen molar-refractivity contribution >= 4 is 5.91 Å². The number of piperidine rings is 1. The molecule has 3 aromatic rings. The molecule has 0 aliphatic carbocycles. The van der Waals surface area contributed by atoms with Crippen LogP contribution in [0.1, 0.15) is 48.1 Å². The third kappa shape index (κ3) is 4.83. The van der Waals surface area contributed by atoms with Crippen molar-refractivity contribution in [3.63, 3.8) is 0 Å². The molecule has 1 unspecified atom stereocenters. The first-order chi connectivity index (χ1) is 14.2. The quantitative estimate of drug-likeness (QED) is 0.628. The molecule has 2 aromatic carbocycles. The number of likely N-dealkylation sites (tertiary alicyclic amines) is 1. The molecule has 1 aliphatic rings. The van der Waals surface area contributed by atoms with Crippen LogP contribution in [-0.2, 0) is 17.8 Å². The van der Waals surface area contributed by atoms with Gasteiger partial charge in [-0.25, -0.2) is 0 Å². The Balaban J connectivity index is 1.41. The van der Waals surface area contributed by atoms with Crippen LogP contribution in [0.2, 0.25) is 0 Å². The summed E-state index contributed by atoms with van der Waals surface area (Å²) in [5.74, 6) is 1.84. The lowest BCUT2D eigenvalue weighted by atomic mass is 10.00. The number of aromatic nitrogens is 2. The summed E-state index contributed by atoms with van der Waals surface area (Å²) in [5.41, 5.74) is 2.19. The van der Waals surface area contributed by atoms with E-state index in [9.17, 15) is 4.79 Å². The van der Waals surface area contributed by atoms with Crippen molar-refractivity contribution in [1.29, 1.82) is 0 Å². The molecular weight excluding hydrogens is 366 g/mol. The normalized spacial score (nSPS) is 16.6. The Kier molecular flexibility index (Phi) is 5.89. The molecule has 1 fully saturated rings. The Morgan fingerprint density at radius 2 is 1.93 bits per heavy atom. The van der Waals surface area contributed by atoms with Gasteiger partial charge >= 0.3 is 0 Å². The SMILES string of the molecule is Cc1ccc(OCc2nc(C3CCCCN3C(=O)Cc3ccccc3)no2)cc1. The maximum absolute atomic E-state index is 12.9. The summed E-state index contributed by atoms with van der Waals surface area (Å²) in [6.45, 7) is 2.96. The lowest BCUT2D eigenvalue weighted by Crippen LogP contribution is -2.39. The first-order valence-electron chi connectivity index (χ1n) is 10.0. The number of aryl methyl sites for hydroxylation is 1. The second-order valence-corrected chi connectivity index (χ2v) is 7.41. The zero-order chi connectivity index (χ0) is 20.1. The third-order valence-corrected chi connectivity index (χ3v) is 5.19. The van der Waals surface area contributed by atoms with Gasteiger partial charge in [0, 0.05) is 6.54 Å². The van der Waals surface area contributed by atoms with Gasteiger partial charge in [-0.15, -0.1) is 0 Å². The minimum absolute atomic E-state index is 0.100. The van der Waals surface area contributed by atoms with E-state index in [1.165, 1.54) is 5.56 Å². The molecule has 1 aromatic heterocycles. The van der Waals surface area contributed by atoms with Crippen LogP contribution in [0.25, 0.3) is 0 Å². The van der Waals surface area contributed by atoms with Crippen molar-refractivity contribution in [2.45, 2.75) is 45.3 Å².